The van der Waals surface area contributed by atoms with E-state index in [2.05, 4.69) is 0 Å². The number of nitrogens with zero attached hydrogens (tertiary/aromatic N) is 1. The van der Waals surface area contributed by atoms with Crippen LogP contribution in [0, 0.1) is 11.6 Å². The predicted molar refractivity (Wildman–Crippen MR) is 72.6 cm³/mol. The van der Waals surface area contributed by atoms with Gasteiger partial charge in [0.2, 0.25) is 0 Å². The fraction of sp³-hybridized carbons (Fsp3) is 0.267. The fourth-order valence-electron chi connectivity index (χ4n) is 1.90. The van der Waals surface area contributed by atoms with Crippen LogP contribution in [-0.4, -0.2) is 29.1 Å². The SMILES string of the molecule is CC(C(=O)O)N(C)Cc1ccc(-c2c(F)cccc2F)o1. The van der Waals surface area contributed by atoms with Crippen LogP contribution in [0.25, 0.3) is 11.3 Å². The Morgan fingerprint density at radius 3 is 2.48 bits per heavy atom. The van der Waals surface area contributed by atoms with E-state index in [1.165, 1.54) is 12.1 Å². The van der Waals surface area contributed by atoms with Crippen LogP contribution in [0.1, 0.15) is 12.7 Å². The van der Waals surface area contributed by atoms with Crippen molar-refractivity contribution in [2.75, 3.05) is 7.05 Å². The van der Waals surface area contributed by atoms with Crippen LogP contribution in [0.15, 0.2) is 34.7 Å². The number of rotatable bonds is 5. The second-order valence-corrected chi connectivity index (χ2v) is 4.79. The predicted octanol–water partition coefficient (Wildman–Crippen LogP) is 3.13. The van der Waals surface area contributed by atoms with Gasteiger partial charge in [-0.2, -0.15) is 0 Å². The zero-order valence-corrected chi connectivity index (χ0v) is 11.6. The van der Waals surface area contributed by atoms with E-state index < -0.39 is 23.6 Å². The molecule has 1 aromatic heterocycles. The summed E-state index contributed by atoms with van der Waals surface area (Å²) in [5.41, 5.74) is -0.224. The molecule has 0 spiro atoms. The van der Waals surface area contributed by atoms with E-state index in [-0.39, 0.29) is 17.9 Å². The number of hydrogen-bond acceptors (Lipinski definition) is 3. The van der Waals surface area contributed by atoms with E-state index >= 15 is 0 Å². The molecular weight excluding hydrogens is 280 g/mol. The molecule has 0 amide bonds. The molecule has 0 aliphatic rings. The third-order valence-corrected chi connectivity index (χ3v) is 3.29. The first kappa shape index (κ1) is 15.2. The lowest BCUT2D eigenvalue weighted by Gasteiger charge is -2.19. The minimum atomic E-state index is -0.954. The van der Waals surface area contributed by atoms with Crippen LogP contribution >= 0.6 is 0 Å². The summed E-state index contributed by atoms with van der Waals surface area (Å²) >= 11 is 0. The number of benzene rings is 1. The van der Waals surface area contributed by atoms with Crippen LogP contribution in [0.4, 0.5) is 8.78 Å². The van der Waals surface area contributed by atoms with Gasteiger partial charge in [-0.25, -0.2) is 8.78 Å². The molecule has 2 rings (SSSR count). The van der Waals surface area contributed by atoms with E-state index in [4.69, 9.17) is 9.52 Å². The van der Waals surface area contributed by atoms with Gasteiger partial charge in [-0.1, -0.05) is 6.07 Å². The highest BCUT2D eigenvalue weighted by molar-refractivity contribution is 5.72. The van der Waals surface area contributed by atoms with Crippen molar-refractivity contribution in [1.29, 1.82) is 0 Å². The second kappa shape index (κ2) is 6.05. The molecule has 0 radical (unpaired) electrons. The first-order valence-electron chi connectivity index (χ1n) is 6.36. The molecule has 1 unspecified atom stereocenters. The van der Waals surface area contributed by atoms with Crippen molar-refractivity contribution in [3.63, 3.8) is 0 Å². The normalized spacial score (nSPS) is 12.6. The van der Waals surface area contributed by atoms with Crippen molar-refractivity contribution in [2.45, 2.75) is 19.5 Å². The van der Waals surface area contributed by atoms with Gasteiger partial charge in [-0.05, 0) is 38.2 Å². The van der Waals surface area contributed by atoms with Gasteiger partial charge in [0.25, 0.3) is 0 Å². The molecule has 1 N–H and O–H groups in total. The van der Waals surface area contributed by atoms with Gasteiger partial charge < -0.3 is 9.52 Å². The van der Waals surface area contributed by atoms with Gasteiger partial charge >= 0.3 is 5.97 Å². The molecule has 0 saturated heterocycles. The third-order valence-electron chi connectivity index (χ3n) is 3.29. The number of hydrogen-bond donors (Lipinski definition) is 1. The maximum Gasteiger partial charge on any atom is 0.320 e. The minimum absolute atomic E-state index is 0.0805. The number of carboxylic acids is 1. The topological polar surface area (TPSA) is 53.7 Å². The summed E-state index contributed by atoms with van der Waals surface area (Å²) in [7, 11) is 1.63. The molecule has 0 bridgehead atoms. The molecule has 112 valence electrons. The molecule has 1 atom stereocenters. The third kappa shape index (κ3) is 3.28. The number of carbonyl (C=O) groups is 1. The summed E-state index contributed by atoms with van der Waals surface area (Å²) in [4.78, 5) is 12.4. The summed E-state index contributed by atoms with van der Waals surface area (Å²) in [5.74, 6) is -1.85. The van der Waals surface area contributed by atoms with E-state index in [0.717, 1.165) is 12.1 Å². The Labute approximate surface area is 120 Å². The van der Waals surface area contributed by atoms with Crippen LogP contribution < -0.4 is 0 Å². The highest BCUT2D eigenvalue weighted by atomic mass is 19.1. The molecule has 0 fully saturated rings. The van der Waals surface area contributed by atoms with E-state index in [1.807, 2.05) is 0 Å². The molecule has 6 heteroatoms. The number of likely N-dealkylation sites (N-methyl/N-ethyl adjacent to an activating group) is 1. The Morgan fingerprint density at radius 1 is 1.29 bits per heavy atom. The molecule has 0 aliphatic carbocycles. The van der Waals surface area contributed by atoms with Crippen molar-refractivity contribution in [3.05, 3.63) is 47.7 Å². The summed E-state index contributed by atoms with van der Waals surface area (Å²) in [5, 5.41) is 8.91. The van der Waals surface area contributed by atoms with E-state index in [1.54, 1.807) is 24.9 Å². The summed E-state index contributed by atoms with van der Waals surface area (Å²) < 4.78 is 32.7. The number of furan rings is 1. The minimum Gasteiger partial charge on any atom is -0.480 e. The Kier molecular flexibility index (Phi) is 4.37. The lowest BCUT2D eigenvalue weighted by atomic mass is 10.1. The fourth-order valence-corrected chi connectivity index (χ4v) is 1.90. The lowest BCUT2D eigenvalue weighted by molar-refractivity contribution is -0.142. The molecule has 2 aromatic rings. The number of aliphatic carboxylic acids is 1. The maximum absolute atomic E-state index is 13.7. The van der Waals surface area contributed by atoms with Gasteiger partial charge in [-0.3, -0.25) is 9.69 Å². The molecule has 1 aromatic carbocycles. The van der Waals surface area contributed by atoms with Gasteiger partial charge in [-0.15, -0.1) is 0 Å². The largest absolute Gasteiger partial charge is 0.480 e. The lowest BCUT2D eigenvalue weighted by Crippen LogP contribution is -2.35. The average molecular weight is 295 g/mol. The smallest absolute Gasteiger partial charge is 0.320 e. The zero-order valence-electron chi connectivity index (χ0n) is 11.6. The van der Waals surface area contributed by atoms with Crippen molar-refractivity contribution in [3.8, 4) is 11.3 Å². The number of carboxylic acid groups (broad SMARTS) is 1. The number of halogens is 2. The standard InChI is InChI=1S/C15H15F2NO3/c1-9(15(19)20)18(2)8-10-6-7-13(21-10)14-11(16)4-3-5-12(14)17/h3-7,9H,8H2,1-2H3,(H,19,20). The van der Waals surface area contributed by atoms with Crippen LogP contribution in [-0.2, 0) is 11.3 Å². The molecule has 4 nitrogen and oxygen atoms in total. The molecule has 0 saturated carbocycles. The first-order valence-corrected chi connectivity index (χ1v) is 6.36. The van der Waals surface area contributed by atoms with Crippen LogP contribution in [0.3, 0.4) is 0 Å². The summed E-state index contributed by atoms with van der Waals surface area (Å²) in [6.45, 7) is 1.77. The first-order chi connectivity index (χ1) is 9.90. The van der Waals surface area contributed by atoms with Gasteiger partial charge in [0.05, 0.1) is 12.1 Å². The van der Waals surface area contributed by atoms with Crippen LogP contribution in [0.2, 0.25) is 0 Å². The van der Waals surface area contributed by atoms with E-state index in [0.29, 0.717) is 5.76 Å². The Hall–Kier alpha value is -2.21. The van der Waals surface area contributed by atoms with Gasteiger partial charge in [0.15, 0.2) is 0 Å². The van der Waals surface area contributed by atoms with Gasteiger partial charge in [0, 0.05) is 0 Å². The van der Waals surface area contributed by atoms with Crippen molar-refractivity contribution in [2.24, 2.45) is 0 Å². The molecule has 0 aliphatic heterocycles. The van der Waals surface area contributed by atoms with Crippen molar-refractivity contribution < 1.29 is 23.1 Å². The Bertz CT molecular complexity index is 634. The summed E-state index contributed by atoms with van der Waals surface area (Å²) in [6, 6.07) is 5.94. The molecular formula is C15H15F2NO3. The van der Waals surface area contributed by atoms with Crippen molar-refractivity contribution >= 4 is 5.97 Å². The molecule has 1 heterocycles. The quantitative estimate of drug-likeness (QED) is 0.920. The zero-order chi connectivity index (χ0) is 15.6. The van der Waals surface area contributed by atoms with Crippen molar-refractivity contribution in [1.82, 2.24) is 4.90 Å². The molecule has 21 heavy (non-hydrogen) atoms. The van der Waals surface area contributed by atoms with Crippen LogP contribution in [0.5, 0.6) is 0 Å². The maximum atomic E-state index is 13.7. The second-order valence-electron chi connectivity index (χ2n) is 4.79. The highest BCUT2D eigenvalue weighted by Gasteiger charge is 2.19. The van der Waals surface area contributed by atoms with Gasteiger partial charge in [0.1, 0.15) is 29.2 Å². The van der Waals surface area contributed by atoms with E-state index in [9.17, 15) is 13.6 Å². The Balaban J connectivity index is 2.21. The monoisotopic (exact) mass is 295 g/mol. The highest BCUT2D eigenvalue weighted by Crippen LogP contribution is 2.28. The Morgan fingerprint density at radius 2 is 1.90 bits per heavy atom. The average Bonchev–Trinajstić information content (AvgIpc) is 2.85. The summed E-state index contributed by atoms with van der Waals surface area (Å²) in [6.07, 6.45) is 0.